The van der Waals surface area contributed by atoms with E-state index in [1.54, 1.807) is 16.4 Å². The van der Waals surface area contributed by atoms with Gasteiger partial charge in [0, 0.05) is 18.5 Å². The Hall–Kier alpha value is -2.17. The average Bonchev–Trinajstić information content (AvgIpc) is 2.92. The van der Waals surface area contributed by atoms with Crippen LogP contribution in [-0.2, 0) is 10.0 Å². The number of benzene rings is 2. The molecule has 0 saturated carbocycles. The van der Waals surface area contributed by atoms with E-state index in [1.165, 1.54) is 16.7 Å². The van der Waals surface area contributed by atoms with Crippen molar-refractivity contribution < 1.29 is 8.42 Å². The summed E-state index contributed by atoms with van der Waals surface area (Å²) in [4.78, 5) is 0.373. The first-order valence-electron chi connectivity index (χ1n) is 9.42. The van der Waals surface area contributed by atoms with Crippen molar-refractivity contribution in [1.82, 2.24) is 4.31 Å². The molecule has 2 aliphatic heterocycles. The van der Waals surface area contributed by atoms with Gasteiger partial charge in [-0.3, -0.25) is 0 Å². The van der Waals surface area contributed by atoms with E-state index in [0.717, 1.165) is 5.56 Å². The lowest BCUT2D eigenvalue weighted by atomic mass is 9.88. The van der Waals surface area contributed by atoms with Crippen LogP contribution in [0.2, 0.25) is 0 Å². The van der Waals surface area contributed by atoms with E-state index in [1.807, 2.05) is 19.1 Å². The molecule has 4 heteroatoms. The number of hydrogen-bond donors (Lipinski definition) is 0. The Bertz CT molecular complexity index is 1000. The van der Waals surface area contributed by atoms with Gasteiger partial charge in [0.25, 0.3) is 0 Å². The van der Waals surface area contributed by atoms with Crippen LogP contribution in [0.25, 0.3) is 5.57 Å². The fraction of sp³-hybridized carbons (Fsp3) is 0.304. The van der Waals surface area contributed by atoms with E-state index in [2.05, 4.69) is 56.3 Å². The lowest BCUT2D eigenvalue weighted by Gasteiger charge is -2.37. The minimum absolute atomic E-state index is 0.0779. The molecule has 140 valence electrons. The molecule has 1 aliphatic carbocycles. The van der Waals surface area contributed by atoms with Crippen molar-refractivity contribution in [2.24, 2.45) is 11.8 Å². The highest BCUT2D eigenvalue weighted by Gasteiger charge is 2.40. The normalized spacial score (nSPS) is 25.3. The molecule has 0 radical (unpaired) electrons. The van der Waals surface area contributed by atoms with Crippen LogP contribution in [0.3, 0.4) is 0 Å². The third-order valence-corrected chi connectivity index (χ3v) is 7.53. The molecule has 0 saturated heterocycles. The molecule has 0 N–H and O–H groups in total. The highest BCUT2D eigenvalue weighted by atomic mass is 32.2. The average molecular weight is 380 g/mol. The van der Waals surface area contributed by atoms with Gasteiger partial charge in [0.2, 0.25) is 10.0 Å². The van der Waals surface area contributed by atoms with Crippen LogP contribution in [-0.4, -0.2) is 25.3 Å². The molecule has 0 amide bonds. The number of aryl methyl sites for hydroxylation is 2. The molecule has 2 heterocycles. The van der Waals surface area contributed by atoms with Crippen molar-refractivity contribution in [1.29, 1.82) is 0 Å². The highest BCUT2D eigenvalue weighted by Crippen LogP contribution is 2.39. The third kappa shape index (κ3) is 3.28. The number of nitrogens with zero attached hydrogens (tertiary/aromatic N) is 1. The van der Waals surface area contributed by atoms with Gasteiger partial charge in [-0.1, -0.05) is 72.7 Å². The maximum atomic E-state index is 13.3. The van der Waals surface area contributed by atoms with Gasteiger partial charge in [-0.15, -0.1) is 0 Å². The molecule has 5 rings (SSSR count). The zero-order valence-corrected chi connectivity index (χ0v) is 16.8. The molecule has 2 bridgehead atoms. The predicted octanol–water partition coefficient (Wildman–Crippen LogP) is 4.58. The van der Waals surface area contributed by atoms with Gasteiger partial charge in [-0.05, 0) is 43.0 Å². The first kappa shape index (κ1) is 18.2. The highest BCUT2D eigenvalue weighted by molar-refractivity contribution is 7.89. The van der Waals surface area contributed by atoms with Crippen LogP contribution in [0, 0.1) is 25.7 Å². The van der Waals surface area contributed by atoms with E-state index < -0.39 is 10.0 Å². The second-order valence-corrected chi connectivity index (χ2v) is 9.61. The molecular formula is C23H25NO2S. The predicted molar refractivity (Wildman–Crippen MR) is 110 cm³/mol. The summed E-state index contributed by atoms with van der Waals surface area (Å²) in [6.07, 6.45) is 6.51. The smallest absolute Gasteiger partial charge is 0.207 e. The van der Waals surface area contributed by atoms with E-state index in [-0.39, 0.29) is 17.9 Å². The van der Waals surface area contributed by atoms with Gasteiger partial charge in [0.05, 0.1) is 4.90 Å². The maximum absolute atomic E-state index is 13.3. The Balaban J connectivity index is 1.76. The molecule has 3 nitrogen and oxygen atoms in total. The summed E-state index contributed by atoms with van der Waals surface area (Å²) in [5, 5.41) is 0. The summed E-state index contributed by atoms with van der Waals surface area (Å²) in [5.74, 6) is 0.215. The minimum Gasteiger partial charge on any atom is -0.207 e. The van der Waals surface area contributed by atoms with Gasteiger partial charge < -0.3 is 0 Å². The molecule has 2 aromatic carbocycles. The summed E-state index contributed by atoms with van der Waals surface area (Å²) in [5.41, 5.74) is 4.70. The summed E-state index contributed by atoms with van der Waals surface area (Å²) in [6.45, 7) is 6.62. The Kier molecular flexibility index (Phi) is 4.57. The van der Waals surface area contributed by atoms with Crippen molar-refractivity contribution in [3.8, 4) is 0 Å². The van der Waals surface area contributed by atoms with Gasteiger partial charge in [0.1, 0.15) is 0 Å². The largest absolute Gasteiger partial charge is 0.243 e. The molecule has 0 spiro atoms. The second kappa shape index (κ2) is 6.77. The topological polar surface area (TPSA) is 37.4 Å². The lowest BCUT2D eigenvalue weighted by molar-refractivity contribution is 0.308. The van der Waals surface area contributed by atoms with Crippen molar-refractivity contribution in [2.45, 2.75) is 31.7 Å². The van der Waals surface area contributed by atoms with Crippen LogP contribution in [0.5, 0.6) is 0 Å². The van der Waals surface area contributed by atoms with Crippen molar-refractivity contribution in [3.63, 3.8) is 0 Å². The van der Waals surface area contributed by atoms with Crippen LogP contribution in [0.15, 0.2) is 71.7 Å². The first-order valence-corrected chi connectivity index (χ1v) is 10.9. The maximum Gasteiger partial charge on any atom is 0.243 e. The molecule has 27 heavy (non-hydrogen) atoms. The van der Waals surface area contributed by atoms with Crippen LogP contribution in [0.4, 0.5) is 0 Å². The van der Waals surface area contributed by atoms with Gasteiger partial charge in [-0.25, -0.2) is 8.42 Å². The fourth-order valence-corrected chi connectivity index (χ4v) is 5.65. The van der Waals surface area contributed by atoms with E-state index in [0.29, 0.717) is 11.4 Å². The summed E-state index contributed by atoms with van der Waals surface area (Å²) >= 11 is 0. The Morgan fingerprint density at radius 1 is 0.889 bits per heavy atom. The minimum atomic E-state index is -3.53. The summed E-state index contributed by atoms with van der Waals surface area (Å²) in [6, 6.07) is 15.5. The van der Waals surface area contributed by atoms with Crippen LogP contribution in [0.1, 0.15) is 23.6 Å². The fourth-order valence-electron chi connectivity index (χ4n) is 3.97. The summed E-state index contributed by atoms with van der Waals surface area (Å²) < 4.78 is 28.4. The monoisotopic (exact) mass is 379 g/mol. The standard InChI is InChI=1S/C23H25NO2S/c1-16-4-9-19(10-5-16)22-14-23-18(3)8-11-20(22)15-24(23)27(25,26)21-12-6-17(2)7-13-21/h4-14,18,20,23H,15H2,1-3H3. The third-order valence-electron chi connectivity index (χ3n) is 5.66. The Morgan fingerprint density at radius 2 is 1.48 bits per heavy atom. The Labute approximate surface area is 162 Å². The van der Waals surface area contributed by atoms with E-state index in [4.69, 9.17) is 0 Å². The van der Waals surface area contributed by atoms with E-state index in [9.17, 15) is 8.42 Å². The quantitative estimate of drug-likeness (QED) is 0.732. The molecule has 3 aliphatic rings. The van der Waals surface area contributed by atoms with Crippen molar-refractivity contribution in [2.75, 3.05) is 6.54 Å². The van der Waals surface area contributed by atoms with E-state index >= 15 is 0 Å². The van der Waals surface area contributed by atoms with Gasteiger partial charge in [-0.2, -0.15) is 4.31 Å². The van der Waals surface area contributed by atoms with Gasteiger partial charge >= 0.3 is 0 Å². The number of hydrogen-bond acceptors (Lipinski definition) is 2. The number of rotatable bonds is 3. The molecule has 2 aromatic rings. The second-order valence-electron chi connectivity index (χ2n) is 7.72. The molecule has 0 fully saturated rings. The van der Waals surface area contributed by atoms with Crippen LogP contribution < -0.4 is 0 Å². The first-order chi connectivity index (χ1) is 12.9. The summed E-state index contributed by atoms with van der Waals surface area (Å²) in [7, 11) is -3.53. The zero-order valence-electron chi connectivity index (χ0n) is 16.0. The lowest BCUT2D eigenvalue weighted by Crippen LogP contribution is -2.46. The van der Waals surface area contributed by atoms with Gasteiger partial charge in [0.15, 0.2) is 0 Å². The molecule has 3 atom stereocenters. The molecular weight excluding hydrogens is 354 g/mol. The zero-order chi connectivity index (χ0) is 19.2. The SMILES string of the molecule is Cc1ccc(C2=CC3C(C)C=CC2CN3S(=O)(=O)c2ccc(C)cc2)cc1. The Morgan fingerprint density at radius 3 is 2.11 bits per heavy atom. The van der Waals surface area contributed by atoms with Crippen LogP contribution >= 0.6 is 0 Å². The van der Waals surface area contributed by atoms with Crippen molar-refractivity contribution in [3.05, 3.63) is 83.4 Å². The number of sulfonamides is 1. The molecule has 0 aromatic heterocycles. The number of fused-ring (bicyclic) bond motifs is 2. The van der Waals surface area contributed by atoms with Crippen molar-refractivity contribution >= 4 is 15.6 Å². The molecule has 3 unspecified atom stereocenters.